The van der Waals surface area contributed by atoms with Crippen LogP contribution in [0.3, 0.4) is 0 Å². The van der Waals surface area contributed by atoms with Gasteiger partial charge in [0, 0.05) is 11.6 Å². The fourth-order valence-corrected chi connectivity index (χ4v) is 5.41. The van der Waals surface area contributed by atoms with E-state index in [0.717, 1.165) is 24.2 Å². The lowest BCUT2D eigenvalue weighted by Crippen LogP contribution is -2.30. The van der Waals surface area contributed by atoms with Crippen molar-refractivity contribution in [1.29, 1.82) is 0 Å². The van der Waals surface area contributed by atoms with E-state index in [1.165, 1.54) is 16.4 Å². The minimum absolute atomic E-state index is 0.0529. The zero-order valence-corrected chi connectivity index (χ0v) is 15.4. The Morgan fingerprint density at radius 3 is 2.50 bits per heavy atom. The maximum absolute atomic E-state index is 13.1. The Balaban J connectivity index is 1.98. The molecule has 1 fully saturated rings. The lowest BCUT2D eigenvalue weighted by molar-refractivity contribution is 0.394. The molecule has 0 aliphatic carbocycles. The van der Waals surface area contributed by atoms with Crippen LogP contribution in [0.1, 0.15) is 24.4 Å². The maximum atomic E-state index is 13.1. The van der Waals surface area contributed by atoms with Crippen LogP contribution in [0.4, 0.5) is 0 Å². The van der Waals surface area contributed by atoms with Gasteiger partial charge in [-0.2, -0.15) is 4.31 Å². The van der Waals surface area contributed by atoms with Crippen molar-refractivity contribution in [3.05, 3.63) is 58.1 Å². The van der Waals surface area contributed by atoms with Gasteiger partial charge in [-0.05, 0) is 48.7 Å². The summed E-state index contributed by atoms with van der Waals surface area (Å²) in [6.45, 7) is 0.460. The fraction of sp³-hybridized carbons (Fsp3) is 0.294. The van der Waals surface area contributed by atoms with E-state index in [4.69, 9.17) is 27.9 Å². The molecule has 2 aromatic carbocycles. The van der Waals surface area contributed by atoms with Crippen LogP contribution in [0.2, 0.25) is 10.0 Å². The van der Waals surface area contributed by atoms with Gasteiger partial charge in [-0.1, -0.05) is 35.3 Å². The van der Waals surface area contributed by atoms with Crippen molar-refractivity contribution in [2.24, 2.45) is 0 Å². The summed E-state index contributed by atoms with van der Waals surface area (Å²) in [6.07, 6.45) is 1.57. The van der Waals surface area contributed by atoms with Crippen molar-refractivity contribution in [2.45, 2.75) is 23.8 Å². The monoisotopic (exact) mass is 385 g/mol. The second kappa shape index (κ2) is 6.92. The normalized spacial score (nSPS) is 18.7. The van der Waals surface area contributed by atoms with Crippen LogP contribution in [-0.2, 0) is 10.0 Å². The lowest BCUT2D eigenvalue weighted by atomic mass is 10.1. The van der Waals surface area contributed by atoms with Crippen molar-refractivity contribution in [3.8, 4) is 5.75 Å². The van der Waals surface area contributed by atoms with Gasteiger partial charge in [0.2, 0.25) is 10.0 Å². The number of rotatable bonds is 4. The van der Waals surface area contributed by atoms with Crippen LogP contribution < -0.4 is 4.74 Å². The molecule has 7 heteroatoms. The first kappa shape index (κ1) is 17.5. The van der Waals surface area contributed by atoms with Crippen molar-refractivity contribution in [1.82, 2.24) is 4.31 Å². The Bertz CT molecular complexity index is 837. The molecule has 4 nitrogen and oxygen atoms in total. The third-order valence-electron chi connectivity index (χ3n) is 4.18. The summed E-state index contributed by atoms with van der Waals surface area (Å²) in [5, 5.41) is 0.526. The summed E-state index contributed by atoms with van der Waals surface area (Å²) in [6, 6.07) is 11.8. The molecular formula is C17H17Cl2NO3S. The van der Waals surface area contributed by atoms with Crippen LogP contribution in [0, 0.1) is 0 Å². The third kappa shape index (κ3) is 3.26. The number of hydrogen-bond acceptors (Lipinski definition) is 3. The molecule has 0 amide bonds. The Morgan fingerprint density at radius 1 is 1.12 bits per heavy atom. The van der Waals surface area contributed by atoms with Gasteiger partial charge in [0.15, 0.2) is 0 Å². The standard InChI is InChI=1S/C17H17Cl2NO3S/c1-23-14-7-4-12(5-8-14)16-3-2-10-20(16)24(21,22)17-11-13(18)6-9-15(17)19/h4-9,11,16H,2-3,10H2,1H3. The van der Waals surface area contributed by atoms with E-state index in [1.807, 2.05) is 24.3 Å². The molecule has 1 saturated heterocycles. The largest absolute Gasteiger partial charge is 0.497 e. The summed E-state index contributed by atoms with van der Waals surface area (Å²) in [7, 11) is -2.12. The number of methoxy groups -OCH3 is 1. The molecule has 3 rings (SSSR count). The first-order valence-corrected chi connectivity index (χ1v) is 9.74. The average Bonchev–Trinajstić information content (AvgIpc) is 3.07. The minimum atomic E-state index is -3.72. The summed E-state index contributed by atoms with van der Waals surface area (Å²) in [5.41, 5.74) is 0.940. The molecule has 0 bridgehead atoms. The smallest absolute Gasteiger partial charge is 0.245 e. The van der Waals surface area contributed by atoms with Crippen LogP contribution >= 0.6 is 23.2 Å². The summed E-state index contributed by atoms with van der Waals surface area (Å²) in [4.78, 5) is 0.0529. The number of sulfonamides is 1. The van der Waals surface area contributed by atoms with Crippen LogP contribution in [0.15, 0.2) is 47.4 Å². The number of nitrogens with zero attached hydrogens (tertiary/aromatic N) is 1. The van der Waals surface area contributed by atoms with Crippen molar-refractivity contribution >= 4 is 33.2 Å². The SMILES string of the molecule is COc1ccc(C2CCCN2S(=O)(=O)c2cc(Cl)ccc2Cl)cc1. The molecule has 0 aromatic heterocycles. The van der Waals surface area contributed by atoms with E-state index >= 15 is 0 Å². The predicted octanol–water partition coefficient (Wildman–Crippen LogP) is 4.53. The Hall–Kier alpha value is -1.27. The molecule has 1 heterocycles. The summed E-state index contributed by atoms with van der Waals surface area (Å²) >= 11 is 12.1. The quantitative estimate of drug-likeness (QED) is 0.776. The number of benzene rings is 2. The highest BCUT2D eigenvalue weighted by molar-refractivity contribution is 7.89. The van der Waals surface area contributed by atoms with Crippen molar-refractivity contribution < 1.29 is 13.2 Å². The van der Waals surface area contributed by atoms with E-state index in [1.54, 1.807) is 13.2 Å². The van der Waals surface area contributed by atoms with E-state index < -0.39 is 10.0 Å². The summed E-state index contributed by atoms with van der Waals surface area (Å²) < 4.78 is 32.8. The lowest BCUT2D eigenvalue weighted by Gasteiger charge is -2.25. The molecule has 1 atom stereocenters. The molecule has 2 aromatic rings. The number of hydrogen-bond donors (Lipinski definition) is 0. The molecular weight excluding hydrogens is 369 g/mol. The van der Waals surface area contributed by atoms with Gasteiger partial charge in [0.1, 0.15) is 10.6 Å². The highest BCUT2D eigenvalue weighted by Crippen LogP contribution is 2.39. The van der Waals surface area contributed by atoms with E-state index in [0.29, 0.717) is 11.6 Å². The van der Waals surface area contributed by atoms with Crippen LogP contribution in [0.5, 0.6) is 5.75 Å². The number of halogens is 2. The van der Waals surface area contributed by atoms with Crippen LogP contribution in [-0.4, -0.2) is 26.4 Å². The topological polar surface area (TPSA) is 46.6 Å². The molecule has 24 heavy (non-hydrogen) atoms. The van der Waals surface area contributed by atoms with E-state index in [2.05, 4.69) is 0 Å². The first-order chi connectivity index (χ1) is 11.4. The molecule has 0 radical (unpaired) electrons. The Morgan fingerprint density at radius 2 is 1.83 bits per heavy atom. The molecule has 1 aliphatic rings. The highest BCUT2D eigenvalue weighted by atomic mass is 35.5. The molecule has 0 N–H and O–H groups in total. The van der Waals surface area contributed by atoms with Gasteiger partial charge in [-0.25, -0.2) is 8.42 Å². The van der Waals surface area contributed by atoms with Gasteiger partial charge >= 0.3 is 0 Å². The van der Waals surface area contributed by atoms with Crippen molar-refractivity contribution in [2.75, 3.05) is 13.7 Å². The third-order valence-corrected chi connectivity index (χ3v) is 6.81. The predicted molar refractivity (Wildman–Crippen MR) is 95.3 cm³/mol. The maximum Gasteiger partial charge on any atom is 0.245 e. The Kier molecular flexibility index (Phi) is 5.06. The molecule has 128 valence electrons. The first-order valence-electron chi connectivity index (χ1n) is 7.54. The zero-order valence-electron chi connectivity index (χ0n) is 13.1. The summed E-state index contributed by atoms with van der Waals surface area (Å²) in [5.74, 6) is 0.740. The van der Waals surface area contributed by atoms with Gasteiger partial charge in [0.05, 0.1) is 18.2 Å². The highest BCUT2D eigenvalue weighted by Gasteiger charge is 2.37. The second-order valence-corrected chi connectivity index (χ2v) is 8.32. The van der Waals surface area contributed by atoms with Crippen LogP contribution in [0.25, 0.3) is 0 Å². The average molecular weight is 386 g/mol. The van der Waals surface area contributed by atoms with E-state index in [9.17, 15) is 8.42 Å². The van der Waals surface area contributed by atoms with Gasteiger partial charge in [-0.3, -0.25) is 0 Å². The van der Waals surface area contributed by atoms with Crippen molar-refractivity contribution in [3.63, 3.8) is 0 Å². The zero-order chi connectivity index (χ0) is 17.3. The molecule has 1 aliphatic heterocycles. The van der Waals surface area contributed by atoms with Gasteiger partial charge in [-0.15, -0.1) is 0 Å². The second-order valence-electron chi connectivity index (χ2n) is 5.62. The number of ether oxygens (including phenoxy) is 1. The molecule has 0 saturated carbocycles. The van der Waals surface area contributed by atoms with Gasteiger partial charge < -0.3 is 4.74 Å². The minimum Gasteiger partial charge on any atom is -0.497 e. The van der Waals surface area contributed by atoms with Gasteiger partial charge in [0.25, 0.3) is 0 Å². The Labute approximate surface area is 152 Å². The fourth-order valence-electron chi connectivity index (χ4n) is 2.99. The molecule has 0 spiro atoms. The molecule has 1 unspecified atom stereocenters. The van der Waals surface area contributed by atoms with E-state index in [-0.39, 0.29) is 16.0 Å².